The zero-order chi connectivity index (χ0) is 25.4. The molecule has 1 aromatic heterocycles. The number of hydrogen-bond acceptors (Lipinski definition) is 7. The van der Waals surface area contributed by atoms with E-state index in [4.69, 9.17) is 0 Å². The van der Waals surface area contributed by atoms with Gasteiger partial charge in [0.15, 0.2) is 0 Å². The molecule has 0 radical (unpaired) electrons. The van der Waals surface area contributed by atoms with Gasteiger partial charge in [-0.15, -0.1) is 0 Å². The molecular formula is C24H35N5O6. The maximum atomic E-state index is 13.4. The van der Waals surface area contributed by atoms with Crippen LogP contribution in [0.25, 0.3) is 0 Å². The number of pyridine rings is 1. The number of unbranched alkanes of at least 4 members (excludes halogenated alkanes) is 2. The van der Waals surface area contributed by atoms with Gasteiger partial charge in [0.2, 0.25) is 18.2 Å². The smallest absolute Gasteiger partial charge is 0.339 e. The minimum Gasteiger partial charge on any atom is -0.478 e. The normalized spacial score (nSPS) is 18.9. The lowest BCUT2D eigenvalue weighted by Crippen LogP contribution is -2.55. The van der Waals surface area contributed by atoms with Crippen molar-refractivity contribution in [1.82, 2.24) is 19.8 Å². The minimum absolute atomic E-state index is 0.0852. The van der Waals surface area contributed by atoms with Crippen molar-refractivity contribution >= 4 is 30.0 Å². The molecule has 2 saturated heterocycles. The van der Waals surface area contributed by atoms with E-state index in [9.17, 15) is 29.5 Å². The predicted molar refractivity (Wildman–Crippen MR) is 127 cm³/mol. The van der Waals surface area contributed by atoms with Gasteiger partial charge in [-0.2, -0.15) is 0 Å². The molecule has 35 heavy (non-hydrogen) atoms. The molecule has 3 rings (SSSR count). The van der Waals surface area contributed by atoms with Gasteiger partial charge in [0.25, 0.3) is 0 Å². The number of amides is 3. The van der Waals surface area contributed by atoms with Gasteiger partial charge in [-0.05, 0) is 31.4 Å². The van der Waals surface area contributed by atoms with Gasteiger partial charge in [-0.1, -0.05) is 26.2 Å². The molecular weight excluding hydrogens is 454 g/mol. The second kappa shape index (κ2) is 12.5. The number of hydrogen-bond donors (Lipinski definition) is 2. The Kier molecular flexibility index (Phi) is 9.41. The van der Waals surface area contributed by atoms with Crippen LogP contribution in [-0.2, 0) is 14.4 Å². The van der Waals surface area contributed by atoms with Crippen LogP contribution >= 0.6 is 0 Å². The fourth-order valence-corrected chi connectivity index (χ4v) is 4.89. The Bertz CT molecular complexity index is 904. The molecule has 3 amide bonds. The number of aromatic nitrogens is 1. The number of aromatic carboxylic acids is 1. The van der Waals surface area contributed by atoms with E-state index in [1.54, 1.807) is 22.1 Å². The number of rotatable bonds is 11. The van der Waals surface area contributed by atoms with E-state index in [1.165, 1.54) is 6.07 Å². The first kappa shape index (κ1) is 26.4. The van der Waals surface area contributed by atoms with Crippen molar-refractivity contribution in [2.75, 3.05) is 44.2 Å². The number of nitrogens with zero attached hydrogens (tertiary/aromatic N) is 5. The van der Waals surface area contributed by atoms with E-state index in [-0.39, 0.29) is 23.9 Å². The molecule has 1 aromatic rings. The lowest BCUT2D eigenvalue weighted by Gasteiger charge is -2.38. The maximum Gasteiger partial charge on any atom is 0.339 e. The summed E-state index contributed by atoms with van der Waals surface area (Å²) in [5.74, 6) is -1.52. The molecule has 192 valence electrons. The van der Waals surface area contributed by atoms with Crippen molar-refractivity contribution in [2.24, 2.45) is 5.92 Å². The molecule has 3 heterocycles. The third-order valence-electron chi connectivity index (χ3n) is 6.76. The van der Waals surface area contributed by atoms with E-state index in [1.807, 2.05) is 4.90 Å². The van der Waals surface area contributed by atoms with E-state index >= 15 is 0 Å². The van der Waals surface area contributed by atoms with Gasteiger partial charge >= 0.3 is 5.97 Å². The molecule has 0 aliphatic carbocycles. The molecule has 0 bridgehead atoms. The molecule has 2 aliphatic rings. The number of carbonyl (C=O) groups is 4. The largest absolute Gasteiger partial charge is 0.478 e. The van der Waals surface area contributed by atoms with Crippen LogP contribution < -0.4 is 4.90 Å². The van der Waals surface area contributed by atoms with E-state index in [0.717, 1.165) is 25.7 Å². The average molecular weight is 490 g/mol. The van der Waals surface area contributed by atoms with Gasteiger partial charge in [0.05, 0.1) is 12.5 Å². The molecule has 0 unspecified atom stereocenters. The number of hydroxylamine groups is 2. The highest BCUT2D eigenvalue weighted by atomic mass is 16.5. The summed E-state index contributed by atoms with van der Waals surface area (Å²) >= 11 is 0. The summed E-state index contributed by atoms with van der Waals surface area (Å²) in [6, 6.07) is 2.54. The first-order valence-electron chi connectivity index (χ1n) is 12.3. The van der Waals surface area contributed by atoms with E-state index < -0.39 is 17.9 Å². The summed E-state index contributed by atoms with van der Waals surface area (Å²) in [6.45, 7) is 4.15. The van der Waals surface area contributed by atoms with E-state index in [2.05, 4.69) is 11.9 Å². The number of anilines is 1. The summed E-state index contributed by atoms with van der Waals surface area (Å²) in [4.78, 5) is 58.6. The third kappa shape index (κ3) is 6.47. The van der Waals surface area contributed by atoms with Crippen LogP contribution in [0.1, 0.15) is 55.8 Å². The first-order chi connectivity index (χ1) is 16.9. The van der Waals surface area contributed by atoms with Crippen LogP contribution in [0.4, 0.5) is 5.82 Å². The second-order valence-corrected chi connectivity index (χ2v) is 9.10. The van der Waals surface area contributed by atoms with Crippen molar-refractivity contribution in [3.05, 3.63) is 23.9 Å². The quantitative estimate of drug-likeness (QED) is 0.206. The standard InChI is InChI=1S/C24H35N5O6/c1-2-3-4-7-18(16-28(35)17-30)22(31)29-11-6-9-20(29)23(32)27-14-12-26(13-15-27)21-19(24(33)34)8-5-10-25-21/h5,8,10,17-18,20,35H,2-4,6-7,9,11-16H2,1H3,(H,33,34)/t18-,20+/m1/s1. The van der Waals surface area contributed by atoms with Crippen LogP contribution in [0, 0.1) is 5.92 Å². The molecule has 11 heteroatoms. The molecule has 11 nitrogen and oxygen atoms in total. The van der Waals surface area contributed by atoms with Crippen LogP contribution in [0.3, 0.4) is 0 Å². The summed E-state index contributed by atoms with van der Waals surface area (Å²) in [5, 5.41) is 19.6. The lowest BCUT2D eigenvalue weighted by molar-refractivity contribution is -0.158. The van der Waals surface area contributed by atoms with Gasteiger partial charge in [0, 0.05) is 38.9 Å². The second-order valence-electron chi connectivity index (χ2n) is 9.10. The van der Waals surface area contributed by atoms with E-state index in [0.29, 0.717) is 62.9 Å². The van der Waals surface area contributed by atoms with Gasteiger partial charge in [-0.25, -0.2) is 14.8 Å². The SMILES string of the molecule is CCCCC[C@H](CN(O)C=O)C(=O)N1CCC[C@H]1C(=O)N1CCN(c2ncccc2C(=O)O)CC1. The number of piperazine rings is 1. The van der Waals surface area contributed by atoms with Crippen molar-refractivity contribution in [3.8, 4) is 0 Å². The average Bonchev–Trinajstić information content (AvgIpc) is 3.37. The van der Waals surface area contributed by atoms with Crippen LogP contribution in [-0.4, -0.2) is 99.7 Å². The Labute approximate surface area is 205 Å². The fourth-order valence-electron chi connectivity index (χ4n) is 4.89. The number of carboxylic acid groups (broad SMARTS) is 1. The maximum absolute atomic E-state index is 13.4. The number of carboxylic acids is 1. The highest BCUT2D eigenvalue weighted by Crippen LogP contribution is 2.26. The summed E-state index contributed by atoms with van der Waals surface area (Å²) in [7, 11) is 0. The summed E-state index contributed by atoms with van der Waals surface area (Å²) in [5.41, 5.74) is 0.127. The fraction of sp³-hybridized carbons (Fsp3) is 0.625. The van der Waals surface area contributed by atoms with Crippen molar-refractivity contribution in [3.63, 3.8) is 0 Å². The van der Waals surface area contributed by atoms with Crippen LogP contribution in [0.2, 0.25) is 0 Å². The minimum atomic E-state index is -1.05. The summed E-state index contributed by atoms with van der Waals surface area (Å²) < 4.78 is 0. The predicted octanol–water partition coefficient (Wildman–Crippen LogP) is 1.46. The Morgan fingerprint density at radius 2 is 1.94 bits per heavy atom. The Balaban J connectivity index is 1.64. The highest BCUT2D eigenvalue weighted by Gasteiger charge is 2.40. The van der Waals surface area contributed by atoms with Crippen molar-refractivity contribution in [1.29, 1.82) is 0 Å². The zero-order valence-corrected chi connectivity index (χ0v) is 20.2. The van der Waals surface area contributed by atoms with Crippen LogP contribution in [0.15, 0.2) is 18.3 Å². The molecule has 0 saturated carbocycles. The lowest BCUT2D eigenvalue weighted by atomic mass is 9.98. The molecule has 2 aliphatic heterocycles. The highest BCUT2D eigenvalue weighted by molar-refractivity contribution is 5.93. The summed E-state index contributed by atoms with van der Waals surface area (Å²) in [6.07, 6.45) is 6.43. The van der Waals surface area contributed by atoms with Crippen molar-refractivity contribution < 1.29 is 29.5 Å². The monoisotopic (exact) mass is 489 g/mol. The van der Waals surface area contributed by atoms with Crippen molar-refractivity contribution in [2.45, 2.75) is 51.5 Å². The molecule has 2 atom stereocenters. The first-order valence-corrected chi connectivity index (χ1v) is 12.3. The molecule has 2 fully saturated rings. The van der Waals surface area contributed by atoms with Gasteiger partial charge in [0.1, 0.15) is 17.4 Å². The Morgan fingerprint density at radius 1 is 1.20 bits per heavy atom. The van der Waals surface area contributed by atoms with Crippen LogP contribution in [0.5, 0.6) is 0 Å². The number of carbonyl (C=O) groups excluding carboxylic acids is 3. The molecule has 0 spiro atoms. The Morgan fingerprint density at radius 3 is 2.60 bits per heavy atom. The molecule has 2 N–H and O–H groups in total. The number of likely N-dealkylation sites (tertiary alicyclic amines) is 1. The zero-order valence-electron chi connectivity index (χ0n) is 20.2. The Hall–Kier alpha value is -3.21. The molecule has 0 aromatic carbocycles. The van der Waals surface area contributed by atoms with Gasteiger partial charge < -0.3 is 19.8 Å². The van der Waals surface area contributed by atoms with Gasteiger partial charge in [-0.3, -0.25) is 19.6 Å². The topological polar surface area (TPSA) is 135 Å². The third-order valence-corrected chi connectivity index (χ3v) is 6.76.